The van der Waals surface area contributed by atoms with Crippen molar-refractivity contribution in [3.05, 3.63) is 0 Å². The van der Waals surface area contributed by atoms with Crippen molar-refractivity contribution >= 4 is 23.1 Å². The molecule has 10 heavy (non-hydrogen) atoms. The lowest BCUT2D eigenvalue weighted by atomic mass is 10.0. The SMILES string of the molecule is CC(C)C(=O)C1CSC=N1. The smallest absolute Gasteiger partial charge is 0.160 e. The van der Waals surface area contributed by atoms with Gasteiger partial charge in [0.05, 0.1) is 5.55 Å². The third-order valence-electron chi connectivity index (χ3n) is 1.47. The van der Waals surface area contributed by atoms with Crippen molar-refractivity contribution in [3.8, 4) is 0 Å². The molecular weight excluding hydrogens is 146 g/mol. The molecule has 0 saturated heterocycles. The minimum Gasteiger partial charge on any atom is -0.297 e. The minimum absolute atomic E-state index is 0.0509. The van der Waals surface area contributed by atoms with E-state index in [1.165, 1.54) is 0 Å². The lowest BCUT2D eigenvalue weighted by molar-refractivity contribution is -0.122. The van der Waals surface area contributed by atoms with Crippen molar-refractivity contribution in [2.45, 2.75) is 19.9 Å². The first kappa shape index (κ1) is 7.79. The lowest BCUT2D eigenvalue weighted by Crippen LogP contribution is -2.23. The van der Waals surface area contributed by atoms with E-state index >= 15 is 0 Å². The Labute approximate surface area is 65.1 Å². The predicted molar refractivity (Wildman–Crippen MR) is 44.6 cm³/mol. The van der Waals surface area contributed by atoms with Crippen molar-refractivity contribution < 1.29 is 4.79 Å². The largest absolute Gasteiger partial charge is 0.297 e. The van der Waals surface area contributed by atoms with Crippen molar-refractivity contribution in [2.24, 2.45) is 10.9 Å². The average molecular weight is 157 g/mol. The summed E-state index contributed by atoms with van der Waals surface area (Å²) >= 11 is 1.62. The van der Waals surface area contributed by atoms with Crippen LogP contribution in [0.15, 0.2) is 4.99 Å². The molecule has 1 aliphatic heterocycles. The fraction of sp³-hybridized carbons (Fsp3) is 0.714. The molecule has 0 fully saturated rings. The normalized spacial score (nSPS) is 24.1. The molecule has 0 saturated carbocycles. The van der Waals surface area contributed by atoms with Crippen LogP contribution in [-0.4, -0.2) is 23.1 Å². The van der Waals surface area contributed by atoms with Gasteiger partial charge in [-0.3, -0.25) is 9.79 Å². The van der Waals surface area contributed by atoms with E-state index in [0.29, 0.717) is 0 Å². The monoisotopic (exact) mass is 157 g/mol. The van der Waals surface area contributed by atoms with Crippen molar-refractivity contribution in [3.63, 3.8) is 0 Å². The van der Waals surface area contributed by atoms with Gasteiger partial charge in [-0.2, -0.15) is 0 Å². The predicted octanol–water partition coefficient (Wildman–Crippen LogP) is 1.36. The molecule has 2 nitrogen and oxygen atoms in total. The Morgan fingerprint density at radius 3 is 2.90 bits per heavy atom. The molecule has 56 valence electrons. The van der Waals surface area contributed by atoms with Gasteiger partial charge in [-0.1, -0.05) is 13.8 Å². The Balaban J connectivity index is 2.49. The molecule has 0 spiro atoms. The number of Topliss-reactive ketones (excluding diaryl/α,β-unsaturated/α-hetero) is 1. The van der Waals surface area contributed by atoms with Gasteiger partial charge in [-0.15, -0.1) is 11.8 Å². The molecule has 0 amide bonds. The summed E-state index contributed by atoms with van der Waals surface area (Å²) in [5.74, 6) is 1.24. The summed E-state index contributed by atoms with van der Waals surface area (Å²) in [5.41, 5.74) is 1.77. The summed E-state index contributed by atoms with van der Waals surface area (Å²) in [6.07, 6.45) is 0. The van der Waals surface area contributed by atoms with Crippen LogP contribution in [0.5, 0.6) is 0 Å². The quantitative estimate of drug-likeness (QED) is 0.605. The zero-order valence-electron chi connectivity index (χ0n) is 6.20. The van der Waals surface area contributed by atoms with Crippen LogP contribution < -0.4 is 0 Å². The Morgan fingerprint density at radius 1 is 1.80 bits per heavy atom. The Hall–Kier alpha value is -0.310. The van der Waals surface area contributed by atoms with Crippen LogP contribution in [0.3, 0.4) is 0 Å². The summed E-state index contributed by atoms with van der Waals surface area (Å²) in [4.78, 5) is 15.3. The van der Waals surface area contributed by atoms with E-state index in [9.17, 15) is 4.79 Å². The standard InChI is InChI=1S/C7H11NOS/c1-5(2)7(9)6-3-10-4-8-6/h4-6H,3H2,1-2H3. The Kier molecular flexibility index (Phi) is 2.49. The maximum absolute atomic E-state index is 11.2. The van der Waals surface area contributed by atoms with Gasteiger partial charge in [0, 0.05) is 11.7 Å². The summed E-state index contributed by atoms with van der Waals surface area (Å²) in [5, 5.41) is 0. The molecule has 0 aromatic carbocycles. The maximum atomic E-state index is 11.2. The molecule has 1 atom stereocenters. The van der Waals surface area contributed by atoms with Crippen molar-refractivity contribution in [1.29, 1.82) is 0 Å². The second-order valence-corrected chi connectivity index (χ2v) is 3.54. The number of carbonyl (C=O) groups excluding carboxylic acids is 1. The van der Waals surface area contributed by atoms with Gasteiger partial charge in [-0.25, -0.2) is 0 Å². The number of rotatable bonds is 2. The number of hydrogen-bond acceptors (Lipinski definition) is 3. The van der Waals surface area contributed by atoms with E-state index in [-0.39, 0.29) is 17.7 Å². The summed E-state index contributed by atoms with van der Waals surface area (Å²) < 4.78 is 0. The van der Waals surface area contributed by atoms with Gasteiger partial charge in [0.15, 0.2) is 5.78 Å². The van der Waals surface area contributed by atoms with Gasteiger partial charge < -0.3 is 0 Å². The molecule has 1 unspecified atom stereocenters. The van der Waals surface area contributed by atoms with Gasteiger partial charge >= 0.3 is 0 Å². The number of carbonyl (C=O) groups is 1. The third kappa shape index (κ3) is 1.59. The summed E-state index contributed by atoms with van der Waals surface area (Å²) in [7, 11) is 0. The Morgan fingerprint density at radius 2 is 2.50 bits per heavy atom. The first-order valence-electron chi connectivity index (χ1n) is 3.39. The van der Waals surface area contributed by atoms with Gasteiger partial charge in [-0.05, 0) is 0 Å². The van der Waals surface area contributed by atoms with Crippen LogP contribution in [0.2, 0.25) is 0 Å². The highest BCUT2D eigenvalue weighted by Crippen LogP contribution is 2.14. The molecular formula is C7H11NOS. The van der Waals surface area contributed by atoms with Crippen LogP contribution >= 0.6 is 11.8 Å². The zero-order chi connectivity index (χ0) is 7.56. The van der Waals surface area contributed by atoms with Crippen LogP contribution in [0, 0.1) is 5.92 Å². The zero-order valence-corrected chi connectivity index (χ0v) is 7.02. The van der Waals surface area contributed by atoms with Gasteiger partial charge in [0.25, 0.3) is 0 Å². The van der Waals surface area contributed by atoms with E-state index in [1.54, 1.807) is 17.3 Å². The fourth-order valence-corrected chi connectivity index (χ4v) is 1.59. The van der Waals surface area contributed by atoms with E-state index < -0.39 is 0 Å². The molecule has 0 bridgehead atoms. The number of thioether (sulfide) groups is 1. The second-order valence-electron chi connectivity index (χ2n) is 2.66. The molecule has 0 aliphatic carbocycles. The fourth-order valence-electron chi connectivity index (χ4n) is 0.834. The maximum Gasteiger partial charge on any atom is 0.160 e. The number of ketones is 1. The van der Waals surface area contributed by atoms with E-state index in [4.69, 9.17) is 0 Å². The van der Waals surface area contributed by atoms with Gasteiger partial charge in [0.2, 0.25) is 0 Å². The Bertz CT molecular complexity index is 165. The van der Waals surface area contributed by atoms with E-state index in [1.807, 2.05) is 13.8 Å². The van der Waals surface area contributed by atoms with Gasteiger partial charge in [0.1, 0.15) is 6.04 Å². The van der Waals surface area contributed by atoms with Crippen LogP contribution in [0.25, 0.3) is 0 Å². The van der Waals surface area contributed by atoms with E-state index in [0.717, 1.165) is 5.75 Å². The average Bonchev–Trinajstić information content (AvgIpc) is 2.36. The molecule has 1 aliphatic rings. The highest BCUT2D eigenvalue weighted by Gasteiger charge is 2.21. The summed E-state index contributed by atoms with van der Waals surface area (Å²) in [6.45, 7) is 3.84. The number of hydrogen-bond donors (Lipinski definition) is 0. The lowest BCUT2D eigenvalue weighted by Gasteiger charge is -2.06. The van der Waals surface area contributed by atoms with Crippen LogP contribution in [-0.2, 0) is 4.79 Å². The molecule has 0 radical (unpaired) electrons. The molecule has 0 aromatic rings. The van der Waals surface area contributed by atoms with Crippen LogP contribution in [0.4, 0.5) is 0 Å². The van der Waals surface area contributed by atoms with Crippen molar-refractivity contribution in [1.82, 2.24) is 0 Å². The highest BCUT2D eigenvalue weighted by molar-refractivity contribution is 8.12. The topological polar surface area (TPSA) is 29.4 Å². The molecule has 1 rings (SSSR count). The summed E-state index contributed by atoms with van der Waals surface area (Å²) in [6, 6.07) is -0.0509. The first-order valence-corrected chi connectivity index (χ1v) is 4.43. The first-order chi connectivity index (χ1) is 4.72. The third-order valence-corrected chi connectivity index (χ3v) is 2.25. The number of aliphatic imine (C=N–C) groups is 1. The molecule has 0 N–H and O–H groups in total. The molecule has 1 heterocycles. The van der Waals surface area contributed by atoms with E-state index in [2.05, 4.69) is 4.99 Å². The van der Waals surface area contributed by atoms with Crippen molar-refractivity contribution in [2.75, 3.05) is 5.75 Å². The molecule has 3 heteroatoms. The molecule has 0 aromatic heterocycles. The number of nitrogens with zero attached hydrogens (tertiary/aromatic N) is 1. The minimum atomic E-state index is -0.0509. The second kappa shape index (κ2) is 3.19. The highest BCUT2D eigenvalue weighted by atomic mass is 32.2. The van der Waals surface area contributed by atoms with Crippen LogP contribution in [0.1, 0.15) is 13.8 Å².